The lowest BCUT2D eigenvalue weighted by Crippen LogP contribution is -2.32. The molecule has 13 heavy (non-hydrogen) atoms. The molecule has 2 nitrogen and oxygen atoms in total. The van der Waals surface area contributed by atoms with Crippen molar-refractivity contribution in [3.05, 3.63) is 11.3 Å². The molecule has 2 heteroatoms. The summed E-state index contributed by atoms with van der Waals surface area (Å²) in [5.41, 5.74) is 1.13. The van der Waals surface area contributed by atoms with Gasteiger partial charge < -0.3 is 4.74 Å². The van der Waals surface area contributed by atoms with Gasteiger partial charge >= 0.3 is 0 Å². The van der Waals surface area contributed by atoms with Crippen molar-refractivity contribution in [2.75, 3.05) is 0 Å². The Hall–Kier alpha value is -0.790. The van der Waals surface area contributed by atoms with Crippen LogP contribution in [0.3, 0.4) is 0 Å². The minimum absolute atomic E-state index is 0.133. The normalized spacial score (nSPS) is 26.8. The third-order valence-corrected chi connectivity index (χ3v) is 2.86. The minimum atomic E-state index is -0.133. The molecule has 0 aromatic heterocycles. The van der Waals surface area contributed by atoms with Gasteiger partial charge in [-0.25, -0.2) is 0 Å². The van der Waals surface area contributed by atoms with Crippen LogP contribution in [0.1, 0.15) is 46.0 Å². The highest BCUT2D eigenvalue weighted by molar-refractivity contribution is 5.95. The Morgan fingerprint density at radius 3 is 2.77 bits per heavy atom. The first-order valence-electron chi connectivity index (χ1n) is 5.03. The predicted molar refractivity (Wildman–Crippen MR) is 50.3 cm³/mol. The lowest BCUT2D eigenvalue weighted by atomic mass is 9.87. The van der Waals surface area contributed by atoms with Crippen LogP contribution in [0.5, 0.6) is 0 Å². The molecule has 2 rings (SSSR count). The number of carbonyl (C=O) groups is 1. The maximum atomic E-state index is 11.5. The Bertz CT molecular complexity index is 274. The minimum Gasteiger partial charge on any atom is -0.484 e. The van der Waals surface area contributed by atoms with E-state index in [0.717, 1.165) is 25.7 Å². The first-order chi connectivity index (χ1) is 6.08. The molecule has 1 aliphatic carbocycles. The topological polar surface area (TPSA) is 26.3 Å². The van der Waals surface area contributed by atoms with E-state index in [2.05, 4.69) is 13.8 Å². The first kappa shape index (κ1) is 8.79. The fraction of sp³-hybridized carbons (Fsp3) is 0.727. The predicted octanol–water partition coefficient (Wildman–Crippen LogP) is 2.58. The van der Waals surface area contributed by atoms with Crippen molar-refractivity contribution >= 4 is 5.78 Å². The molecule has 0 radical (unpaired) electrons. The van der Waals surface area contributed by atoms with Gasteiger partial charge in [-0.1, -0.05) is 0 Å². The van der Waals surface area contributed by atoms with Crippen LogP contribution in [-0.4, -0.2) is 11.4 Å². The van der Waals surface area contributed by atoms with Crippen LogP contribution in [0, 0.1) is 0 Å². The van der Waals surface area contributed by atoms with Gasteiger partial charge in [0.25, 0.3) is 0 Å². The van der Waals surface area contributed by atoms with Gasteiger partial charge in [-0.3, -0.25) is 4.79 Å². The third kappa shape index (κ3) is 1.62. The van der Waals surface area contributed by atoms with Crippen LogP contribution in [0.15, 0.2) is 11.3 Å². The van der Waals surface area contributed by atoms with Gasteiger partial charge in [0, 0.05) is 6.42 Å². The quantitative estimate of drug-likeness (QED) is 0.572. The molecular formula is C11H16O2. The molecule has 0 spiro atoms. The lowest BCUT2D eigenvalue weighted by molar-refractivity contribution is -0.123. The van der Waals surface area contributed by atoms with E-state index in [9.17, 15) is 4.79 Å². The highest BCUT2D eigenvalue weighted by Gasteiger charge is 2.33. The van der Waals surface area contributed by atoms with Crippen LogP contribution in [0.4, 0.5) is 0 Å². The average molecular weight is 180 g/mol. The van der Waals surface area contributed by atoms with Crippen LogP contribution in [0.25, 0.3) is 0 Å². The van der Waals surface area contributed by atoms with Crippen molar-refractivity contribution in [2.45, 2.75) is 51.6 Å². The standard InChI is InChI=1S/C11H16O2/c1-11(2)7-6-8-4-3-5-9(12)10(8)13-11/h3-7H2,1-2H3. The fourth-order valence-corrected chi connectivity index (χ4v) is 2.03. The Labute approximate surface area is 79.0 Å². The molecule has 0 fully saturated rings. The molecule has 0 saturated heterocycles. The summed E-state index contributed by atoms with van der Waals surface area (Å²) in [6, 6.07) is 0. The van der Waals surface area contributed by atoms with E-state index in [0.29, 0.717) is 12.2 Å². The summed E-state index contributed by atoms with van der Waals surface area (Å²) in [5.74, 6) is 0.913. The van der Waals surface area contributed by atoms with Gasteiger partial charge in [-0.2, -0.15) is 0 Å². The zero-order valence-corrected chi connectivity index (χ0v) is 8.35. The Morgan fingerprint density at radius 1 is 1.23 bits per heavy atom. The van der Waals surface area contributed by atoms with Crippen molar-refractivity contribution in [2.24, 2.45) is 0 Å². The van der Waals surface area contributed by atoms with E-state index < -0.39 is 0 Å². The molecule has 0 aromatic rings. The van der Waals surface area contributed by atoms with Crippen molar-refractivity contribution in [1.82, 2.24) is 0 Å². The molecule has 0 atom stereocenters. The van der Waals surface area contributed by atoms with Crippen molar-refractivity contribution in [3.8, 4) is 0 Å². The molecule has 0 N–H and O–H groups in total. The second kappa shape index (κ2) is 2.86. The first-order valence-corrected chi connectivity index (χ1v) is 5.03. The van der Waals surface area contributed by atoms with E-state index in [-0.39, 0.29) is 11.4 Å². The van der Waals surface area contributed by atoms with Crippen molar-refractivity contribution < 1.29 is 9.53 Å². The molecule has 72 valence electrons. The van der Waals surface area contributed by atoms with E-state index in [1.807, 2.05) is 0 Å². The van der Waals surface area contributed by atoms with Crippen molar-refractivity contribution in [3.63, 3.8) is 0 Å². The second-order valence-corrected chi connectivity index (χ2v) is 4.57. The number of ketones is 1. The summed E-state index contributed by atoms with van der Waals surface area (Å²) in [6.45, 7) is 4.11. The van der Waals surface area contributed by atoms with Gasteiger partial charge in [-0.05, 0) is 45.1 Å². The van der Waals surface area contributed by atoms with Crippen molar-refractivity contribution in [1.29, 1.82) is 0 Å². The molecule has 0 saturated carbocycles. The average Bonchev–Trinajstić information content (AvgIpc) is 2.06. The summed E-state index contributed by atoms with van der Waals surface area (Å²) in [7, 11) is 0. The largest absolute Gasteiger partial charge is 0.484 e. The van der Waals surface area contributed by atoms with E-state index in [1.54, 1.807) is 0 Å². The smallest absolute Gasteiger partial charge is 0.197 e. The number of ether oxygens (including phenoxy) is 1. The summed E-state index contributed by atoms with van der Waals surface area (Å²) in [4.78, 5) is 11.5. The van der Waals surface area contributed by atoms with Gasteiger partial charge in [-0.15, -0.1) is 0 Å². The highest BCUT2D eigenvalue weighted by Crippen LogP contribution is 2.36. The summed E-state index contributed by atoms with van der Waals surface area (Å²) in [6.07, 6.45) is 4.85. The zero-order chi connectivity index (χ0) is 9.47. The summed E-state index contributed by atoms with van der Waals surface area (Å²) in [5, 5.41) is 0. The number of hydrogen-bond acceptors (Lipinski definition) is 2. The maximum absolute atomic E-state index is 11.5. The second-order valence-electron chi connectivity index (χ2n) is 4.57. The molecule has 0 bridgehead atoms. The van der Waals surface area contributed by atoms with Crippen LogP contribution in [0.2, 0.25) is 0 Å². The van der Waals surface area contributed by atoms with Gasteiger partial charge in [0.05, 0.1) is 0 Å². The Kier molecular flexibility index (Phi) is 1.94. The molecule has 1 heterocycles. The lowest BCUT2D eigenvalue weighted by Gasteiger charge is -2.35. The van der Waals surface area contributed by atoms with Gasteiger partial charge in [0.2, 0.25) is 0 Å². The number of carbonyl (C=O) groups excluding carboxylic acids is 1. The Morgan fingerprint density at radius 2 is 2.00 bits per heavy atom. The molecule has 1 aliphatic heterocycles. The number of allylic oxidation sites excluding steroid dienone is 2. The summed E-state index contributed by atoms with van der Waals surface area (Å²) >= 11 is 0. The monoisotopic (exact) mass is 180 g/mol. The number of Topliss-reactive ketones (excluding diaryl/α,β-unsaturated/α-hetero) is 1. The molecule has 0 aromatic carbocycles. The van der Waals surface area contributed by atoms with Crippen LogP contribution >= 0.6 is 0 Å². The molecule has 0 amide bonds. The van der Waals surface area contributed by atoms with Gasteiger partial charge in [0.15, 0.2) is 11.5 Å². The Balaban J connectivity index is 2.28. The fourth-order valence-electron chi connectivity index (χ4n) is 2.03. The SMILES string of the molecule is CC1(C)CCC2=C(O1)C(=O)CCC2. The highest BCUT2D eigenvalue weighted by atomic mass is 16.5. The van der Waals surface area contributed by atoms with Crippen LogP contribution in [-0.2, 0) is 9.53 Å². The maximum Gasteiger partial charge on any atom is 0.197 e. The van der Waals surface area contributed by atoms with E-state index >= 15 is 0 Å². The third-order valence-electron chi connectivity index (χ3n) is 2.86. The van der Waals surface area contributed by atoms with E-state index in [1.165, 1.54) is 5.57 Å². The van der Waals surface area contributed by atoms with Gasteiger partial charge in [0.1, 0.15) is 5.60 Å². The molecule has 2 aliphatic rings. The number of rotatable bonds is 0. The van der Waals surface area contributed by atoms with E-state index in [4.69, 9.17) is 4.74 Å². The molecular weight excluding hydrogens is 164 g/mol. The number of hydrogen-bond donors (Lipinski definition) is 0. The summed E-state index contributed by atoms with van der Waals surface area (Å²) < 4.78 is 5.72. The van der Waals surface area contributed by atoms with Crippen LogP contribution < -0.4 is 0 Å². The zero-order valence-electron chi connectivity index (χ0n) is 8.35. The molecule has 0 unspecified atom stereocenters.